The Kier molecular flexibility index (Phi) is 5.73. The highest BCUT2D eigenvalue weighted by Crippen LogP contribution is 2.32. The molecule has 1 aliphatic rings. The van der Waals surface area contributed by atoms with Gasteiger partial charge in [-0.05, 0) is 37.1 Å². The molecule has 0 aliphatic carbocycles. The van der Waals surface area contributed by atoms with Crippen molar-refractivity contribution in [1.29, 1.82) is 0 Å². The first-order chi connectivity index (χ1) is 13.4. The predicted octanol–water partition coefficient (Wildman–Crippen LogP) is 3.20. The summed E-state index contributed by atoms with van der Waals surface area (Å²) in [5.41, 5.74) is 3.50. The molecule has 28 heavy (non-hydrogen) atoms. The molecule has 148 valence electrons. The minimum atomic E-state index is -0.208. The Bertz CT molecular complexity index is 877. The Morgan fingerprint density at radius 2 is 1.71 bits per heavy atom. The maximum atomic E-state index is 12.8. The number of carbonyl (C=O) groups excluding carboxylic acids is 2. The number of urea groups is 1. The summed E-state index contributed by atoms with van der Waals surface area (Å²) in [6, 6.07) is 11.0. The van der Waals surface area contributed by atoms with Crippen LogP contribution < -0.4 is 19.7 Å². The standard InChI is InChI=1S/C21H25N3O4/c1-14-6-5-7-15(2)20(14)22-19(25)13-23-10-11-24(21(23)26)16-8-9-17(27-3)18(12-16)28-4/h5-9,12H,10-11,13H2,1-4H3,(H,22,25). The van der Waals surface area contributed by atoms with Gasteiger partial charge in [-0.3, -0.25) is 9.69 Å². The normalized spacial score (nSPS) is 13.6. The summed E-state index contributed by atoms with van der Waals surface area (Å²) in [6.07, 6.45) is 0. The third kappa shape index (κ3) is 3.88. The first-order valence-corrected chi connectivity index (χ1v) is 9.09. The van der Waals surface area contributed by atoms with E-state index >= 15 is 0 Å². The number of carbonyl (C=O) groups is 2. The number of hydrogen-bond acceptors (Lipinski definition) is 4. The van der Waals surface area contributed by atoms with Crippen LogP contribution in [0.2, 0.25) is 0 Å². The molecule has 0 spiro atoms. The topological polar surface area (TPSA) is 71.1 Å². The number of nitrogens with one attached hydrogen (secondary N) is 1. The van der Waals surface area contributed by atoms with Crippen molar-refractivity contribution in [3.63, 3.8) is 0 Å². The number of methoxy groups -OCH3 is 2. The number of para-hydroxylation sites is 1. The van der Waals surface area contributed by atoms with E-state index in [0.717, 1.165) is 16.8 Å². The Hall–Kier alpha value is -3.22. The van der Waals surface area contributed by atoms with Crippen molar-refractivity contribution in [2.45, 2.75) is 13.8 Å². The Balaban J connectivity index is 1.68. The van der Waals surface area contributed by atoms with Gasteiger partial charge in [-0.2, -0.15) is 0 Å². The third-order valence-corrected chi connectivity index (χ3v) is 4.85. The number of anilines is 2. The molecule has 0 unspecified atom stereocenters. The molecule has 3 rings (SSSR count). The molecule has 7 nitrogen and oxygen atoms in total. The average molecular weight is 383 g/mol. The summed E-state index contributed by atoms with van der Waals surface area (Å²) in [7, 11) is 3.12. The molecule has 0 bridgehead atoms. The van der Waals surface area contributed by atoms with E-state index in [1.165, 1.54) is 0 Å². The van der Waals surface area contributed by atoms with Crippen LogP contribution in [0.5, 0.6) is 11.5 Å². The number of nitrogens with zero attached hydrogens (tertiary/aromatic N) is 2. The molecular weight excluding hydrogens is 358 g/mol. The van der Waals surface area contributed by atoms with E-state index in [2.05, 4.69) is 5.32 Å². The van der Waals surface area contributed by atoms with Crippen LogP contribution in [0.3, 0.4) is 0 Å². The van der Waals surface area contributed by atoms with Gasteiger partial charge < -0.3 is 19.7 Å². The summed E-state index contributed by atoms with van der Waals surface area (Å²) in [5, 5.41) is 2.93. The minimum absolute atomic E-state index is 0.0103. The second kappa shape index (κ2) is 8.21. The molecule has 0 radical (unpaired) electrons. The van der Waals surface area contributed by atoms with Crippen LogP contribution in [0.4, 0.5) is 16.2 Å². The molecule has 0 saturated carbocycles. The summed E-state index contributed by atoms with van der Waals surface area (Å²) in [4.78, 5) is 28.4. The van der Waals surface area contributed by atoms with E-state index in [0.29, 0.717) is 30.3 Å². The lowest BCUT2D eigenvalue weighted by molar-refractivity contribution is -0.116. The highest BCUT2D eigenvalue weighted by Gasteiger charge is 2.31. The largest absolute Gasteiger partial charge is 0.493 e. The smallest absolute Gasteiger partial charge is 0.325 e. The van der Waals surface area contributed by atoms with E-state index in [-0.39, 0.29) is 18.5 Å². The fourth-order valence-corrected chi connectivity index (χ4v) is 3.33. The second-order valence-corrected chi connectivity index (χ2v) is 6.71. The van der Waals surface area contributed by atoms with E-state index < -0.39 is 0 Å². The SMILES string of the molecule is COc1ccc(N2CCN(CC(=O)Nc3c(C)cccc3C)C2=O)cc1OC. The van der Waals surface area contributed by atoms with Gasteiger partial charge >= 0.3 is 6.03 Å². The molecule has 0 atom stereocenters. The monoisotopic (exact) mass is 383 g/mol. The lowest BCUT2D eigenvalue weighted by atomic mass is 10.1. The lowest BCUT2D eigenvalue weighted by Crippen LogP contribution is -2.37. The summed E-state index contributed by atoms with van der Waals surface area (Å²) in [6.45, 7) is 4.89. The number of hydrogen-bond donors (Lipinski definition) is 1. The van der Waals surface area contributed by atoms with Gasteiger partial charge in [0.1, 0.15) is 6.54 Å². The van der Waals surface area contributed by atoms with Crippen molar-refractivity contribution in [2.24, 2.45) is 0 Å². The molecule has 7 heteroatoms. The zero-order valence-corrected chi connectivity index (χ0v) is 16.6. The molecule has 2 aromatic carbocycles. The van der Waals surface area contributed by atoms with Crippen LogP contribution >= 0.6 is 0 Å². The molecule has 1 aliphatic heterocycles. The van der Waals surface area contributed by atoms with E-state index in [9.17, 15) is 9.59 Å². The van der Waals surface area contributed by atoms with Crippen molar-refractivity contribution in [2.75, 3.05) is 44.1 Å². The highest BCUT2D eigenvalue weighted by atomic mass is 16.5. The maximum absolute atomic E-state index is 12.8. The summed E-state index contributed by atoms with van der Waals surface area (Å²) >= 11 is 0. The first kappa shape index (κ1) is 19.5. The fraction of sp³-hybridized carbons (Fsp3) is 0.333. The van der Waals surface area contributed by atoms with E-state index in [4.69, 9.17) is 9.47 Å². The van der Waals surface area contributed by atoms with Crippen LogP contribution in [0.25, 0.3) is 0 Å². The van der Waals surface area contributed by atoms with Crippen LogP contribution in [0.1, 0.15) is 11.1 Å². The highest BCUT2D eigenvalue weighted by molar-refractivity contribution is 6.00. The van der Waals surface area contributed by atoms with Gasteiger partial charge in [0, 0.05) is 30.5 Å². The maximum Gasteiger partial charge on any atom is 0.325 e. The fourth-order valence-electron chi connectivity index (χ4n) is 3.33. The first-order valence-electron chi connectivity index (χ1n) is 9.09. The lowest BCUT2D eigenvalue weighted by Gasteiger charge is -2.20. The Morgan fingerprint density at radius 3 is 2.36 bits per heavy atom. The average Bonchev–Trinajstić information content (AvgIpc) is 3.04. The number of benzene rings is 2. The van der Waals surface area contributed by atoms with Crippen LogP contribution in [0, 0.1) is 13.8 Å². The van der Waals surface area contributed by atoms with E-state index in [1.54, 1.807) is 42.2 Å². The number of aryl methyl sites for hydroxylation is 2. The molecule has 3 amide bonds. The predicted molar refractivity (Wildman–Crippen MR) is 108 cm³/mol. The number of rotatable bonds is 6. The Labute approximate surface area is 164 Å². The van der Waals surface area contributed by atoms with Crippen molar-refractivity contribution in [3.05, 3.63) is 47.5 Å². The van der Waals surface area contributed by atoms with Gasteiger partial charge in [0.2, 0.25) is 5.91 Å². The quantitative estimate of drug-likeness (QED) is 0.832. The van der Waals surface area contributed by atoms with Gasteiger partial charge in [0.05, 0.1) is 14.2 Å². The van der Waals surface area contributed by atoms with Gasteiger partial charge in [-0.1, -0.05) is 18.2 Å². The van der Waals surface area contributed by atoms with Crippen LogP contribution in [-0.2, 0) is 4.79 Å². The van der Waals surface area contributed by atoms with Gasteiger partial charge in [-0.25, -0.2) is 4.79 Å². The summed E-state index contributed by atoms with van der Waals surface area (Å²) in [5.74, 6) is 0.946. The second-order valence-electron chi connectivity index (χ2n) is 6.71. The van der Waals surface area contributed by atoms with Crippen molar-refractivity contribution < 1.29 is 19.1 Å². The van der Waals surface area contributed by atoms with Crippen LogP contribution in [0.15, 0.2) is 36.4 Å². The van der Waals surface area contributed by atoms with E-state index in [1.807, 2.05) is 32.0 Å². The summed E-state index contributed by atoms with van der Waals surface area (Å²) < 4.78 is 10.5. The molecule has 1 saturated heterocycles. The molecule has 1 N–H and O–H groups in total. The number of ether oxygens (including phenoxy) is 2. The molecule has 2 aromatic rings. The number of amides is 3. The van der Waals surface area contributed by atoms with Crippen molar-refractivity contribution in [1.82, 2.24) is 4.90 Å². The van der Waals surface area contributed by atoms with Gasteiger partial charge in [-0.15, -0.1) is 0 Å². The van der Waals surface area contributed by atoms with Gasteiger partial charge in [0.15, 0.2) is 11.5 Å². The molecular formula is C21H25N3O4. The van der Waals surface area contributed by atoms with Crippen molar-refractivity contribution in [3.8, 4) is 11.5 Å². The van der Waals surface area contributed by atoms with Crippen molar-refractivity contribution >= 4 is 23.3 Å². The molecule has 1 heterocycles. The minimum Gasteiger partial charge on any atom is -0.493 e. The third-order valence-electron chi connectivity index (χ3n) is 4.85. The molecule has 1 fully saturated rings. The molecule has 0 aromatic heterocycles. The van der Waals surface area contributed by atoms with Gasteiger partial charge in [0.25, 0.3) is 0 Å². The zero-order chi connectivity index (χ0) is 20.3. The van der Waals surface area contributed by atoms with Crippen LogP contribution in [-0.4, -0.2) is 50.7 Å². The zero-order valence-electron chi connectivity index (χ0n) is 16.6. The Morgan fingerprint density at radius 1 is 1.04 bits per heavy atom.